The number of aliphatic hydroxyl groups excluding tert-OH is 1. The van der Waals surface area contributed by atoms with Crippen LogP contribution >= 0.6 is 0 Å². The Morgan fingerprint density at radius 1 is 1.25 bits per heavy atom. The maximum atomic E-state index is 10.2. The standard InChI is InChI=1S/C19H30N2O3/c1-3-4-5-6-16-11-18(23-2)13-19(12-16)24-15-17(22)14-21-9-7-20-8-10-21/h5-6,11-13,17,20,22H,3-4,7-10,14-15H2,1-2H3/b6-5+. The number of allylic oxidation sites excluding steroid dienone is 1. The Hall–Kier alpha value is -1.56. The number of ether oxygens (including phenoxy) is 2. The number of hydrogen-bond acceptors (Lipinski definition) is 5. The first-order valence-electron chi connectivity index (χ1n) is 8.81. The summed E-state index contributed by atoms with van der Waals surface area (Å²) < 4.78 is 11.1. The summed E-state index contributed by atoms with van der Waals surface area (Å²) in [5.74, 6) is 1.49. The van der Waals surface area contributed by atoms with E-state index in [1.165, 1.54) is 0 Å². The van der Waals surface area contributed by atoms with Gasteiger partial charge in [-0.3, -0.25) is 4.90 Å². The molecule has 24 heavy (non-hydrogen) atoms. The molecule has 1 aromatic carbocycles. The van der Waals surface area contributed by atoms with Gasteiger partial charge in [0.1, 0.15) is 24.2 Å². The largest absolute Gasteiger partial charge is 0.497 e. The van der Waals surface area contributed by atoms with Crippen molar-refractivity contribution < 1.29 is 14.6 Å². The fraction of sp³-hybridized carbons (Fsp3) is 0.579. The van der Waals surface area contributed by atoms with Gasteiger partial charge in [-0.25, -0.2) is 0 Å². The van der Waals surface area contributed by atoms with Gasteiger partial charge in [-0.2, -0.15) is 0 Å². The number of nitrogens with zero attached hydrogens (tertiary/aromatic N) is 1. The van der Waals surface area contributed by atoms with Crippen molar-refractivity contribution in [1.29, 1.82) is 0 Å². The number of methoxy groups -OCH3 is 1. The molecule has 2 N–H and O–H groups in total. The number of nitrogens with one attached hydrogen (secondary N) is 1. The van der Waals surface area contributed by atoms with Crippen LogP contribution in [0.1, 0.15) is 25.3 Å². The van der Waals surface area contributed by atoms with Crippen molar-refractivity contribution in [2.24, 2.45) is 0 Å². The van der Waals surface area contributed by atoms with Crippen LogP contribution in [0.3, 0.4) is 0 Å². The molecule has 134 valence electrons. The fourth-order valence-electron chi connectivity index (χ4n) is 2.71. The summed E-state index contributed by atoms with van der Waals surface area (Å²) in [7, 11) is 1.65. The van der Waals surface area contributed by atoms with E-state index in [1.54, 1.807) is 7.11 Å². The van der Waals surface area contributed by atoms with Gasteiger partial charge in [0.2, 0.25) is 0 Å². The van der Waals surface area contributed by atoms with E-state index in [1.807, 2.05) is 18.2 Å². The summed E-state index contributed by atoms with van der Waals surface area (Å²) in [6.45, 7) is 7.01. The number of aliphatic hydroxyl groups is 1. The van der Waals surface area contributed by atoms with Gasteiger partial charge in [-0.05, 0) is 24.1 Å². The van der Waals surface area contributed by atoms with Crippen LogP contribution in [0.5, 0.6) is 11.5 Å². The van der Waals surface area contributed by atoms with Crippen molar-refractivity contribution in [3.05, 3.63) is 29.8 Å². The van der Waals surface area contributed by atoms with Crippen LogP contribution in [0, 0.1) is 0 Å². The fourth-order valence-corrected chi connectivity index (χ4v) is 2.71. The van der Waals surface area contributed by atoms with Crippen LogP contribution < -0.4 is 14.8 Å². The molecule has 5 heteroatoms. The molecular formula is C19H30N2O3. The maximum Gasteiger partial charge on any atom is 0.123 e. The zero-order valence-electron chi connectivity index (χ0n) is 14.8. The average molecular weight is 334 g/mol. The zero-order chi connectivity index (χ0) is 17.2. The first kappa shape index (κ1) is 18.8. The second-order valence-electron chi connectivity index (χ2n) is 6.15. The Bertz CT molecular complexity index is 513. The number of hydrogen-bond donors (Lipinski definition) is 2. The minimum atomic E-state index is -0.492. The van der Waals surface area contributed by atoms with Crippen LogP contribution in [-0.2, 0) is 0 Å². The van der Waals surface area contributed by atoms with Crippen molar-refractivity contribution in [2.45, 2.75) is 25.9 Å². The number of benzene rings is 1. The highest BCUT2D eigenvalue weighted by Crippen LogP contribution is 2.24. The number of rotatable bonds is 9. The molecule has 2 rings (SSSR count). The first-order chi connectivity index (χ1) is 11.7. The molecule has 0 aromatic heterocycles. The van der Waals surface area contributed by atoms with E-state index in [0.717, 1.165) is 56.1 Å². The SMILES string of the molecule is CCC/C=C/c1cc(OC)cc(OCC(O)CN2CCNCC2)c1. The van der Waals surface area contributed by atoms with E-state index in [4.69, 9.17) is 9.47 Å². The minimum absolute atomic E-state index is 0.287. The molecule has 1 aromatic rings. The number of piperazine rings is 1. The van der Waals surface area contributed by atoms with Crippen molar-refractivity contribution >= 4 is 6.08 Å². The topological polar surface area (TPSA) is 54.0 Å². The van der Waals surface area contributed by atoms with Gasteiger partial charge in [-0.1, -0.05) is 25.5 Å². The summed E-state index contributed by atoms with van der Waals surface area (Å²) in [5.41, 5.74) is 1.05. The van der Waals surface area contributed by atoms with Crippen LogP contribution in [0.15, 0.2) is 24.3 Å². The third kappa shape index (κ3) is 6.51. The third-order valence-electron chi connectivity index (χ3n) is 4.02. The van der Waals surface area contributed by atoms with E-state index in [0.29, 0.717) is 6.54 Å². The monoisotopic (exact) mass is 334 g/mol. The Balaban J connectivity index is 1.89. The lowest BCUT2D eigenvalue weighted by atomic mass is 10.1. The van der Waals surface area contributed by atoms with Gasteiger partial charge in [0.15, 0.2) is 0 Å². The van der Waals surface area contributed by atoms with Crippen molar-refractivity contribution in [2.75, 3.05) is 46.4 Å². The van der Waals surface area contributed by atoms with Gasteiger partial charge in [-0.15, -0.1) is 0 Å². The Labute approximate surface area is 145 Å². The molecule has 0 aliphatic carbocycles. The van der Waals surface area contributed by atoms with E-state index >= 15 is 0 Å². The second-order valence-corrected chi connectivity index (χ2v) is 6.15. The van der Waals surface area contributed by atoms with Crippen LogP contribution in [0.25, 0.3) is 6.08 Å². The smallest absolute Gasteiger partial charge is 0.123 e. The summed E-state index contributed by atoms with van der Waals surface area (Å²) in [4.78, 5) is 2.26. The van der Waals surface area contributed by atoms with E-state index in [2.05, 4.69) is 29.3 Å². The van der Waals surface area contributed by atoms with Crippen LogP contribution in [0.2, 0.25) is 0 Å². The third-order valence-corrected chi connectivity index (χ3v) is 4.02. The maximum absolute atomic E-state index is 10.2. The molecule has 1 aliphatic rings. The predicted molar refractivity (Wildman–Crippen MR) is 97.7 cm³/mol. The summed E-state index contributed by atoms with van der Waals surface area (Å²) in [6.07, 6.45) is 5.92. The first-order valence-corrected chi connectivity index (χ1v) is 8.81. The Morgan fingerprint density at radius 2 is 2.00 bits per heavy atom. The number of β-amino-alcohol motifs (C(OH)–C–C–N with tert-alkyl or cyclic N) is 1. The van der Waals surface area contributed by atoms with E-state index in [9.17, 15) is 5.11 Å². The van der Waals surface area contributed by atoms with Gasteiger partial charge in [0.05, 0.1) is 7.11 Å². The van der Waals surface area contributed by atoms with E-state index in [-0.39, 0.29) is 6.61 Å². The van der Waals surface area contributed by atoms with Gasteiger partial charge < -0.3 is 19.9 Å². The lowest BCUT2D eigenvalue weighted by Gasteiger charge is -2.29. The van der Waals surface area contributed by atoms with Gasteiger partial charge >= 0.3 is 0 Å². The highest BCUT2D eigenvalue weighted by molar-refractivity contribution is 5.55. The molecule has 1 heterocycles. The molecule has 0 amide bonds. The second kappa shape index (κ2) is 10.3. The molecule has 1 aliphatic heterocycles. The molecule has 1 saturated heterocycles. The quantitative estimate of drug-likeness (QED) is 0.725. The highest BCUT2D eigenvalue weighted by Gasteiger charge is 2.15. The predicted octanol–water partition coefficient (Wildman–Crippen LogP) is 2.15. The van der Waals surface area contributed by atoms with E-state index < -0.39 is 6.10 Å². The van der Waals surface area contributed by atoms with Crippen molar-refractivity contribution in [3.63, 3.8) is 0 Å². The van der Waals surface area contributed by atoms with Crippen molar-refractivity contribution in [1.82, 2.24) is 10.2 Å². The molecule has 0 radical (unpaired) electrons. The summed E-state index contributed by atoms with van der Waals surface area (Å²) >= 11 is 0. The molecular weight excluding hydrogens is 304 g/mol. The normalized spacial score (nSPS) is 17.1. The lowest BCUT2D eigenvalue weighted by Crippen LogP contribution is -2.47. The average Bonchev–Trinajstić information content (AvgIpc) is 2.61. The van der Waals surface area contributed by atoms with Crippen LogP contribution in [-0.4, -0.2) is 62.6 Å². The molecule has 0 bridgehead atoms. The van der Waals surface area contributed by atoms with Gasteiger partial charge in [0.25, 0.3) is 0 Å². The summed E-state index contributed by atoms with van der Waals surface area (Å²) in [5, 5.41) is 13.5. The van der Waals surface area contributed by atoms with Gasteiger partial charge in [0, 0.05) is 38.8 Å². The highest BCUT2D eigenvalue weighted by atomic mass is 16.5. The van der Waals surface area contributed by atoms with Crippen LogP contribution in [0.4, 0.5) is 0 Å². The lowest BCUT2D eigenvalue weighted by molar-refractivity contribution is 0.0640. The molecule has 1 fully saturated rings. The molecule has 0 saturated carbocycles. The zero-order valence-corrected chi connectivity index (χ0v) is 14.8. The molecule has 1 atom stereocenters. The molecule has 5 nitrogen and oxygen atoms in total. The summed E-state index contributed by atoms with van der Waals surface area (Å²) in [6, 6.07) is 5.82. The Kier molecular flexibility index (Phi) is 8.08. The minimum Gasteiger partial charge on any atom is -0.497 e. The molecule has 1 unspecified atom stereocenters. The molecule has 0 spiro atoms. The number of unbranched alkanes of at least 4 members (excludes halogenated alkanes) is 1. The Morgan fingerprint density at radius 3 is 2.71 bits per heavy atom. The van der Waals surface area contributed by atoms with Crippen molar-refractivity contribution in [3.8, 4) is 11.5 Å².